The average Bonchev–Trinajstić information content (AvgIpc) is 3.60. The van der Waals surface area contributed by atoms with Gasteiger partial charge in [-0.05, 0) is 66.5 Å². The number of pyridine rings is 4. The average molecular weight is 813 g/mol. The van der Waals surface area contributed by atoms with Gasteiger partial charge in [-0.3, -0.25) is 0 Å². The molecule has 236 valence electrons. The fourth-order valence-corrected chi connectivity index (χ4v) is 4.60. The number of fused-ring (bicyclic) bond motifs is 3. The molecule has 0 spiro atoms. The second-order valence-corrected chi connectivity index (χ2v) is 10.0. The molecule has 0 fully saturated rings. The summed E-state index contributed by atoms with van der Waals surface area (Å²) in [5, 5.41) is 1.46. The van der Waals surface area contributed by atoms with Crippen LogP contribution < -0.4 is 0 Å². The zero-order valence-electron chi connectivity index (χ0n) is 36.2. The molecule has 0 aliphatic carbocycles. The van der Waals surface area contributed by atoms with Crippen LogP contribution in [0.2, 0.25) is 0 Å². The molecule has 0 bridgehead atoms. The van der Waals surface area contributed by atoms with Crippen LogP contribution in [0, 0.1) is 31.9 Å². The van der Waals surface area contributed by atoms with Crippen molar-refractivity contribution in [3.8, 4) is 33.8 Å². The largest absolute Gasteiger partial charge is 3.00 e. The SMILES string of the molecule is [2H]C([2H])([2H])C([2H])([2H])c1ccc2c(n1)oc1c(-c3ccccn3)[c-]ccc12.[2H]C([2H])([2H])c1ccc(-c2[c-]cccc2)nc1.[2H]C([2H])([2H])c1ccc(-c2[c-]cccc2)nc1.[Ir+3]. The quantitative estimate of drug-likeness (QED) is 0.166. The molecule has 0 N–H and O–H groups in total. The Bertz CT molecular complexity index is 2490. The fourth-order valence-electron chi connectivity index (χ4n) is 4.60. The van der Waals surface area contributed by atoms with Crippen molar-refractivity contribution in [3.63, 3.8) is 0 Å². The Morgan fingerprint density at radius 2 is 1.33 bits per heavy atom. The maximum atomic E-state index is 7.89. The van der Waals surface area contributed by atoms with Crippen LogP contribution in [-0.4, -0.2) is 19.9 Å². The molecule has 0 radical (unpaired) electrons. The third-order valence-corrected chi connectivity index (χ3v) is 6.84. The Morgan fingerprint density at radius 1 is 0.646 bits per heavy atom. The van der Waals surface area contributed by atoms with Crippen molar-refractivity contribution in [2.24, 2.45) is 0 Å². The molecule has 5 nitrogen and oxygen atoms in total. The predicted molar refractivity (Wildman–Crippen MR) is 189 cm³/mol. The molecule has 8 aromatic rings. The number of nitrogens with zero attached hydrogens (tertiary/aromatic N) is 4. The number of aromatic nitrogens is 4. The third-order valence-electron chi connectivity index (χ3n) is 6.84. The Morgan fingerprint density at radius 3 is 1.88 bits per heavy atom. The number of aryl methyl sites for hydroxylation is 3. The van der Waals surface area contributed by atoms with E-state index >= 15 is 0 Å². The van der Waals surface area contributed by atoms with Crippen LogP contribution in [-0.2, 0) is 26.5 Å². The van der Waals surface area contributed by atoms with E-state index in [2.05, 4.69) is 38.1 Å². The standard InChI is InChI=1S/C18H13N2O.2C12H10N.Ir/c1-2-12-9-10-14-13-6-5-7-15(16-8-3-4-11-19-16)17(13)21-18(14)20-12;2*1-10-7-8-12(13-9-10)11-5-3-2-4-6-11;/h3-6,8-11H,2H2,1H3;2*2-5,7-9H,1H3;/q3*-1;+3/i1D3,2D2;2*1D3;. The minimum absolute atomic E-state index is 0. The van der Waals surface area contributed by atoms with Gasteiger partial charge in [0.2, 0.25) is 5.71 Å². The maximum absolute atomic E-state index is 7.89. The van der Waals surface area contributed by atoms with Gasteiger partial charge in [-0.15, -0.1) is 90.0 Å². The fraction of sp³-hybridized carbons (Fsp3) is 0.0952. The molecule has 0 aliphatic rings. The molecule has 5 heterocycles. The molecule has 0 atom stereocenters. The summed E-state index contributed by atoms with van der Waals surface area (Å²) in [6, 6.07) is 42.8. The van der Waals surface area contributed by atoms with Gasteiger partial charge in [0.15, 0.2) is 0 Å². The molecular weight excluding hydrogens is 769 g/mol. The zero-order valence-corrected chi connectivity index (χ0v) is 27.6. The topological polar surface area (TPSA) is 64.7 Å². The van der Waals surface area contributed by atoms with Crippen LogP contribution >= 0.6 is 0 Å². The van der Waals surface area contributed by atoms with Crippen molar-refractivity contribution in [2.45, 2.75) is 26.9 Å². The second-order valence-electron chi connectivity index (χ2n) is 10.0. The van der Waals surface area contributed by atoms with Gasteiger partial charge >= 0.3 is 20.1 Å². The van der Waals surface area contributed by atoms with E-state index < -0.39 is 26.9 Å². The van der Waals surface area contributed by atoms with Crippen LogP contribution in [0.3, 0.4) is 0 Å². The minimum atomic E-state index is -2.83. The van der Waals surface area contributed by atoms with Gasteiger partial charge in [-0.25, -0.2) is 4.98 Å². The second kappa shape index (κ2) is 16.5. The van der Waals surface area contributed by atoms with Gasteiger partial charge < -0.3 is 19.4 Å². The van der Waals surface area contributed by atoms with Gasteiger partial charge in [0, 0.05) is 44.7 Å². The van der Waals surface area contributed by atoms with Crippen LogP contribution in [0.4, 0.5) is 0 Å². The molecule has 8 rings (SSSR count). The molecule has 3 aromatic carbocycles. The Hall–Kier alpha value is -5.29. The number of rotatable bonds is 4. The van der Waals surface area contributed by atoms with Crippen LogP contribution in [0.25, 0.3) is 55.8 Å². The summed E-state index contributed by atoms with van der Waals surface area (Å²) in [4.78, 5) is 16.7. The van der Waals surface area contributed by atoms with Crippen LogP contribution in [0.15, 0.2) is 138 Å². The summed E-state index contributed by atoms with van der Waals surface area (Å²) in [6.45, 7) is -7.01. The first-order valence-corrected chi connectivity index (χ1v) is 14.5. The van der Waals surface area contributed by atoms with E-state index in [9.17, 15) is 0 Å². The first-order chi connectivity index (χ1) is 27.4. The smallest absolute Gasteiger partial charge is 0.486 e. The number of hydrogen-bond acceptors (Lipinski definition) is 5. The first-order valence-electron chi connectivity index (χ1n) is 20.0. The first kappa shape index (κ1) is 22.3. The van der Waals surface area contributed by atoms with E-state index in [0.29, 0.717) is 22.2 Å². The van der Waals surface area contributed by atoms with Gasteiger partial charge in [0.25, 0.3) is 0 Å². The summed E-state index contributed by atoms with van der Waals surface area (Å²) in [7, 11) is 0. The number of hydrogen-bond donors (Lipinski definition) is 0. The maximum Gasteiger partial charge on any atom is 3.00 e. The van der Waals surface area contributed by atoms with Crippen molar-refractivity contribution in [3.05, 3.63) is 169 Å². The van der Waals surface area contributed by atoms with Crippen LogP contribution in [0.5, 0.6) is 0 Å². The van der Waals surface area contributed by atoms with E-state index in [4.69, 9.17) is 19.5 Å². The van der Waals surface area contributed by atoms with E-state index in [1.165, 1.54) is 18.5 Å². The zero-order chi connectivity index (χ0) is 41.7. The molecule has 0 aliphatic heterocycles. The predicted octanol–water partition coefficient (Wildman–Crippen LogP) is 10.1. The molecular formula is C42H33IrN4O. The summed E-state index contributed by atoms with van der Waals surface area (Å²) in [6.07, 6.45) is 1.88. The van der Waals surface area contributed by atoms with Gasteiger partial charge in [0.05, 0.1) is 5.58 Å². The minimum Gasteiger partial charge on any atom is -0.486 e. The van der Waals surface area contributed by atoms with E-state index in [1.54, 1.807) is 54.7 Å². The van der Waals surface area contributed by atoms with Crippen LogP contribution in [0.1, 0.15) is 38.8 Å². The summed E-state index contributed by atoms with van der Waals surface area (Å²) in [5.74, 6) is 0. The molecule has 5 aromatic heterocycles. The Balaban J connectivity index is 0.000000175. The van der Waals surface area contributed by atoms with E-state index in [1.807, 2.05) is 60.7 Å². The summed E-state index contributed by atoms with van der Waals surface area (Å²) in [5.41, 5.74) is 5.58. The van der Waals surface area contributed by atoms with Gasteiger partial charge in [-0.1, -0.05) is 54.2 Å². The summed E-state index contributed by atoms with van der Waals surface area (Å²) < 4.78 is 87.3. The number of benzene rings is 3. The molecule has 0 saturated heterocycles. The molecule has 0 unspecified atom stereocenters. The third kappa shape index (κ3) is 8.34. The van der Waals surface area contributed by atoms with Crippen molar-refractivity contribution in [2.75, 3.05) is 0 Å². The van der Waals surface area contributed by atoms with Crippen molar-refractivity contribution in [1.29, 1.82) is 0 Å². The summed E-state index contributed by atoms with van der Waals surface area (Å²) >= 11 is 0. The van der Waals surface area contributed by atoms with Crippen molar-refractivity contribution < 1.29 is 39.6 Å². The molecule has 6 heteroatoms. The van der Waals surface area contributed by atoms with E-state index in [0.717, 1.165) is 27.9 Å². The molecule has 48 heavy (non-hydrogen) atoms. The normalized spacial score (nSPS) is 14.8. The molecule has 0 amide bonds. The number of furan rings is 1. The van der Waals surface area contributed by atoms with Gasteiger partial charge in [-0.2, -0.15) is 0 Å². The Kier molecular flexibility index (Phi) is 7.67. The van der Waals surface area contributed by atoms with E-state index in [-0.39, 0.29) is 42.6 Å². The van der Waals surface area contributed by atoms with Gasteiger partial charge in [0.1, 0.15) is 0 Å². The van der Waals surface area contributed by atoms with Crippen molar-refractivity contribution >= 4 is 22.1 Å². The Labute approximate surface area is 310 Å². The van der Waals surface area contributed by atoms with Crippen molar-refractivity contribution in [1.82, 2.24) is 19.9 Å². The molecule has 0 saturated carbocycles. The monoisotopic (exact) mass is 813 g/mol.